The van der Waals surface area contributed by atoms with Crippen molar-refractivity contribution in [2.24, 2.45) is 0 Å². The average Bonchev–Trinajstić information content (AvgIpc) is 2.99. The molecule has 7 heteroatoms. The Labute approximate surface area is 139 Å². The van der Waals surface area contributed by atoms with Gasteiger partial charge in [0.1, 0.15) is 17.3 Å². The molecular weight excluding hydrogens is 314 g/mol. The average molecular weight is 333 g/mol. The van der Waals surface area contributed by atoms with Gasteiger partial charge in [-0.25, -0.2) is 0 Å². The van der Waals surface area contributed by atoms with E-state index in [-0.39, 0.29) is 6.42 Å². The number of carbonyl (C=O) groups excluding carboxylic acids is 1. The van der Waals surface area contributed by atoms with Crippen LogP contribution >= 0.6 is 0 Å². The monoisotopic (exact) mass is 333 g/mol. The van der Waals surface area contributed by atoms with Gasteiger partial charge >= 0.3 is 5.97 Å². The molecule has 0 aliphatic heterocycles. The lowest BCUT2D eigenvalue weighted by Gasteiger charge is -2.20. The van der Waals surface area contributed by atoms with Crippen LogP contribution in [0.5, 0.6) is 11.5 Å². The molecule has 1 unspecified atom stereocenters. The molecule has 24 heavy (non-hydrogen) atoms. The first kappa shape index (κ1) is 17.4. The first-order chi connectivity index (χ1) is 11.5. The molecule has 128 valence electrons. The van der Waals surface area contributed by atoms with Gasteiger partial charge in [-0.3, -0.25) is 9.59 Å². The number of carboxylic acid groups (broad SMARTS) is 1. The molecule has 0 fully saturated rings. The standard InChI is InChI=1S/C17H19NO6/c1-10-12(6-7-24-10)17(21)18-14(9-16(19)20)13-5-4-11(22-2)8-15(13)23-3/h4-8,14H,9H2,1-3H3,(H,18,21)(H,19,20). The van der Waals surface area contributed by atoms with Crippen molar-refractivity contribution in [3.63, 3.8) is 0 Å². The number of aryl methyl sites for hydroxylation is 1. The van der Waals surface area contributed by atoms with Crippen molar-refractivity contribution in [1.29, 1.82) is 0 Å². The molecule has 2 aromatic rings. The van der Waals surface area contributed by atoms with Crippen LogP contribution < -0.4 is 14.8 Å². The summed E-state index contributed by atoms with van der Waals surface area (Å²) >= 11 is 0. The quantitative estimate of drug-likeness (QED) is 0.808. The van der Waals surface area contributed by atoms with Gasteiger partial charge in [-0.15, -0.1) is 0 Å². The number of carbonyl (C=O) groups is 2. The maximum absolute atomic E-state index is 12.4. The van der Waals surface area contributed by atoms with Crippen LogP contribution in [0.3, 0.4) is 0 Å². The summed E-state index contributed by atoms with van der Waals surface area (Å²) in [6, 6.07) is 5.77. The molecule has 0 spiro atoms. The Hall–Kier alpha value is -2.96. The van der Waals surface area contributed by atoms with Crippen LogP contribution in [-0.4, -0.2) is 31.2 Å². The predicted molar refractivity (Wildman–Crippen MR) is 85.5 cm³/mol. The molecule has 1 aromatic carbocycles. The van der Waals surface area contributed by atoms with Gasteiger partial charge in [-0.05, 0) is 25.1 Å². The van der Waals surface area contributed by atoms with Gasteiger partial charge < -0.3 is 24.3 Å². The third-order valence-electron chi connectivity index (χ3n) is 3.60. The van der Waals surface area contributed by atoms with Crippen LogP contribution in [0, 0.1) is 6.92 Å². The fourth-order valence-electron chi connectivity index (χ4n) is 2.38. The van der Waals surface area contributed by atoms with Gasteiger partial charge in [0.05, 0.1) is 38.5 Å². The summed E-state index contributed by atoms with van der Waals surface area (Å²) in [4.78, 5) is 23.6. The molecule has 0 aliphatic rings. The highest BCUT2D eigenvalue weighted by Gasteiger charge is 2.23. The summed E-state index contributed by atoms with van der Waals surface area (Å²) in [5.74, 6) is 0.0159. The van der Waals surface area contributed by atoms with Crippen molar-refractivity contribution < 1.29 is 28.6 Å². The van der Waals surface area contributed by atoms with E-state index < -0.39 is 17.9 Å². The number of nitrogens with one attached hydrogen (secondary N) is 1. The third kappa shape index (κ3) is 3.87. The highest BCUT2D eigenvalue weighted by molar-refractivity contribution is 5.95. The Balaban J connectivity index is 2.33. The van der Waals surface area contributed by atoms with Crippen LogP contribution in [0.4, 0.5) is 0 Å². The molecule has 0 saturated heterocycles. The van der Waals surface area contributed by atoms with Crippen molar-refractivity contribution in [1.82, 2.24) is 5.32 Å². The van der Waals surface area contributed by atoms with Crippen LogP contribution in [0.2, 0.25) is 0 Å². The van der Waals surface area contributed by atoms with Crippen molar-refractivity contribution in [2.45, 2.75) is 19.4 Å². The van der Waals surface area contributed by atoms with Crippen molar-refractivity contribution in [3.8, 4) is 11.5 Å². The fraction of sp³-hybridized carbons (Fsp3) is 0.294. The van der Waals surface area contributed by atoms with Gasteiger partial charge in [0.2, 0.25) is 0 Å². The van der Waals surface area contributed by atoms with Crippen molar-refractivity contribution >= 4 is 11.9 Å². The number of rotatable bonds is 7. The fourth-order valence-corrected chi connectivity index (χ4v) is 2.38. The van der Waals surface area contributed by atoms with E-state index in [1.807, 2.05) is 0 Å². The highest BCUT2D eigenvalue weighted by Crippen LogP contribution is 2.31. The lowest BCUT2D eigenvalue weighted by Crippen LogP contribution is -2.30. The summed E-state index contributed by atoms with van der Waals surface area (Å²) in [5.41, 5.74) is 0.910. The van der Waals surface area contributed by atoms with E-state index in [1.165, 1.54) is 26.5 Å². The normalized spacial score (nSPS) is 11.6. The second kappa shape index (κ2) is 7.54. The number of furan rings is 1. The largest absolute Gasteiger partial charge is 0.497 e. The van der Waals surface area contributed by atoms with Crippen LogP contribution in [0.15, 0.2) is 34.9 Å². The van der Waals surface area contributed by atoms with Gasteiger partial charge in [0.15, 0.2) is 0 Å². The number of hydrogen-bond donors (Lipinski definition) is 2. The van der Waals surface area contributed by atoms with Gasteiger partial charge in [0, 0.05) is 11.6 Å². The van der Waals surface area contributed by atoms with Crippen molar-refractivity contribution in [3.05, 3.63) is 47.4 Å². The molecule has 1 heterocycles. The number of hydrogen-bond acceptors (Lipinski definition) is 5. The summed E-state index contributed by atoms with van der Waals surface area (Å²) in [5, 5.41) is 11.9. The zero-order chi connectivity index (χ0) is 17.7. The maximum Gasteiger partial charge on any atom is 0.305 e. The molecule has 1 atom stereocenters. The maximum atomic E-state index is 12.4. The van der Waals surface area contributed by atoms with Gasteiger partial charge in [-0.1, -0.05) is 0 Å². The minimum absolute atomic E-state index is 0.286. The molecule has 0 saturated carbocycles. The number of ether oxygens (including phenoxy) is 2. The molecule has 7 nitrogen and oxygen atoms in total. The third-order valence-corrected chi connectivity index (χ3v) is 3.60. The number of carboxylic acids is 1. The number of amides is 1. The van der Waals surface area contributed by atoms with Gasteiger partial charge in [-0.2, -0.15) is 0 Å². The number of benzene rings is 1. The van der Waals surface area contributed by atoms with Crippen LogP contribution in [0.25, 0.3) is 0 Å². The van der Waals surface area contributed by atoms with E-state index in [0.717, 1.165) is 0 Å². The Morgan fingerprint density at radius 3 is 2.54 bits per heavy atom. The summed E-state index contributed by atoms with van der Waals surface area (Å²) in [7, 11) is 2.99. The minimum Gasteiger partial charge on any atom is -0.497 e. The molecule has 0 bridgehead atoms. The lowest BCUT2D eigenvalue weighted by molar-refractivity contribution is -0.137. The van der Waals surface area contributed by atoms with E-state index in [4.69, 9.17) is 13.9 Å². The molecular formula is C17H19NO6. The molecule has 0 aliphatic carbocycles. The highest BCUT2D eigenvalue weighted by atomic mass is 16.5. The smallest absolute Gasteiger partial charge is 0.305 e. The molecule has 0 radical (unpaired) electrons. The summed E-state index contributed by atoms with van der Waals surface area (Å²) < 4.78 is 15.5. The zero-order valence-electron chi connectivity index (χ0n) is 13.7. The van der Waals surface area contributed by atoms with E-state index in [1.54, 1.807) is 25.1 Å². The topological polar surface area (TPSA) is 98.0 Å². The van der Waals surface area contributed by atoms with E-state index in [0.29, 0.717) is 28.4 Å². The molecule has 2 N–H and O–H groups in total. The lowest BCUT2D eigenvalue weighted by atomic mass is 10.0. The second-order valence-electron chi connectivity index (χ2n) is 5.12. The molecule has 1 amide bonds. The zero-order valence-corrected chi connectivity index (χ0v) is 13.7. The van der Waals surface area contributed by atoms with Crippen molar-refractivity contribution in [2.75, 3.05) is 14.2 Å². The Kier molecular flexibility index (Phi) is 5.47. The van der Waals surface area contributed by atoms with Gasteiger partial charge in [0.25, 0.3) is 5.91 Å². The molecule has 1 aromatic heterocycles. The Morgan fingerprint density at radius 1 is 1.25 bits per heavy atom. The summed E-state index contributed by atoms with van der Waals surface area (Å²) in [6.45, 7) is 1.66. The number of methoxy groups -OCH3 is 2. The Bertz CT molecular complexity index is 736. The minimum atomic E-state index is -1.04. The summed E-state index contributed by atoms with van der Waals surface area (Å²) in [6.07, 6.45) is 1.12. The second-order valence-corrected chi connectivity index (χ2v) is 5.12. The Morgan fingerprint density at radius 2 is 2.00 bits per heavy atom. The number of aliphatic carboxylic acids is 1. The first-order valence-electron chi connectivity index (χ1n) is 7.25. The van der Waals surface area contributed by atoms with E-state index >= 15 is 0 Å². The predicted octanol–water partition coefficient (Wildman–Crippen LogP) is 2.55. The van der Waals surface area contributed by atoms with E-state index in [2.05, 4.69) is 5.32 Å². The van der Waals surface area contributed by atoms with E-state index in [9.17, 15) is 14.7 Å². The van der Waals surface area contributed by atoms with Crippen LogP contribution in [0.1, 0.15) is 34.1 Å². The molecule has 2 rings (SSSR count). The first-order valence-corrected chi connectivity index (χ1v) is 7.25. The SMILES string of the molecule is COc1ccc(C(CC(=O)O)NC(=O)c2ccoc2C)c(OC)c1. The van der Waals surface area contributed by atoms with Crippen LogP contribution in [-0.2, 0) is 4.79 Å².